The lowest BCUT2D eigenvalue weighted by Gasteiger charge is -2.34. The standard InChI is InChI=1S/C37H35F4N5O2/c1-2-25-29(38)8-3-21-13-24(47)14-28(30(21)25)26-6-7-27-32(31(26)39)43-34(44-33(27)46-15-22-4-5-23(16-46)42-22)48-20-35(9-10-35)18-45-12-11-36(19-45)17-37(36,40)41/h1,3,6-8,13-14,22-23,42,47H,4-5,9-12,15-20H2. The van der Waals surface area contributed by atoms with Crippen molar-refractivity contribution in [3.63, 3.8) is 0 Å². The van der Waals surface area contributed by atoms with Gasteiger partial charge in [-0.15, -0.1) is 6.42 Å². The lowest BCUT2D eigenvalue weighted by molar-refractivity contribution is 0.0644. The summed E-state index contributed by atoms with van der Waals surface area (Å²) in [4.78, 5) is 13.8. The SMILES string of the molecule is C#Cc1c(F)ccc2cc(O)cc(-c3ccc4c(N5CC6CCC(C5)N6)nc(OCC5(CN6CCC7(C6)CC7(F)F)CC5)nc4c3F)c12. The van der Waals surface area contributed by atoms with Crippen molar-refractivity contribution in [1.82, 2.24) is 20.2 Å². The van der Waals surface area contributed by atoms with Crippen LogP contribution in [0.25, 0.3) is 32.8 Å². The zero-order chi connectivity index (χ0) is 33.0. The molecule has 3 aromatic carbocycles. The second kappa shape index (κ2) is 10.4. The van der Waals surface area contributed by atoms with E-state index in [4.69, 9.17) is 16.1 Å². The Bertz CT molecular complexity index is 2030. The van der Waals surface area contributed by atoms with Crippen molar-refractivity contribution in [3.05, 3.63) is 53.6 Å². The van der Waals surface area contributed by atoms with E-state index in [9.17, 15) is 18.3 Å². The highest BCUT2D eigenvalue weighted by molar-refractivity contribution is 6.04. The van der Waals surface area contributed by atoms with Gasteiger partial charge in [0.05, 0.1) is 17.6 Å². The molecule has 0 amide bonds. The van der Waals surface area contributed by atoms with Crippen molar-refractivity contribution in [2.75, 3.05) is 44.2 Å². The molecule has 2 aliphatic carbocycles. The second-order valence-corrected chi connectivity index (χ2v) is 14.8. The lowest BCUT2D eigenvalue weighted by atomic mass is 9.93. The quantitative estimate of drug-likeness (QED) is 0.180. The molecule has 3 saturated heterocycles. The van der Waals surface area contributed by atoms with Gasteiger partial charge in [-0.05, 0) is 73.9 Å². The summed E-state index contributed by atoms with van der Waals surface area (Å²) < 4.78 is 66.1. The third kappa shape index (κ3) is 4.78. The molecule has 4 heterocycles. The van der Waals surface area contributed by atoms with Crippen molar-refractivity contribution >= 4 is 27.5 Å². The summed E-state index contributed by atoms with van der Waals surface area (Å²) in [5.74, 6) is -0.967. The number of benzene rings is 3. The fourth-order valence-electron chi connectivity index (χ4n) is 8.52. The zero-order valence-electron chi connectivity index (χ0n) is 26.3. The van der Waals surface area contributed by atoms with Crippen LogP contribution in [-0.2, 0) is 0 Å². The van der Waals surface area contributed by atoms with Gasteiger partial charge >= 0.3 is 6.01 Å². The number of terminal acetylenes is 1. The molecule has 1 spiro atoms. The van der Waals surface area contributed by atoms with E-state index in [0.717, 1.165) is 25.7 Å². The first-order chi connectivity index (χ1) is 23.1. The molecule has 9 rings (SSSR count). The first kappa shape index (κ1) is 30.0. The van der Waals surface area contributed by atoms with Crippen LogP contribution in [0, 0.1) is 34.8 Å². The number of aromatic hydroxyl groups is 1. The molecule has 3 aliphatic heterocycles. The number of aromatic nitrogens is 2. The highest BCUT2D eigenvalue weighted by atomic mass is 19.3. The fraction of sp³-hybridized carbons (Fsp3) is 0.459. The van der Waals surface area contributed by atoms with Gasteiger partial charge in [0.15, 0.2) is 5.82 Å². The Morgan fingerprint density at radius 1 is 1.02 bits per heavy atom. The molecule has 1 aromatic heterocycles. The Morgan fingerprint density at radius 3 is 2.48 bits per heavy atom. The summed E-state index contributed by atoms with van der Waals surface area (Å²) in [6, 6.07) is 9.61. The normalized spacial score (nSPS) is 26.8. The summed E-state index contributed by atoms with van der Waals surface area (Å²) in [6.45, 7) is 3.45. The van der Waals surface area contributed by atoms with E-state index in [0.29, 0.717) is 79.8 Å². The molecule has 7 nitrogen and oxygen atoms in total. The number of phenols is 1. The minimum absolute atomic E-state index is 0.0188. The third-order valence-electron chi connectivity index (χ3n) is 11.4. The van der Waals surface area contributed by atoms with Crippen LogP contribution in [0.1, 0.15) is 44.1 Å². The Labute approximate surface area is 275 Å². The number of alkyl halides is 2. The average Bonchev–Trinajstić information content (AvgIpc) is 3.82. The molecule has 5 fully saturated rings. The van der Waals surface area contributed by atoms with Crippen LogP contribution >= 0.6 is 0 Å². The number of hydrogen-bond acceptors (Lipinski definition) is 7. The predicted octanol–water partition coefficient (Wildman–Crippen LogP) is 6.25. The molecule has 4 aromatic rings. The molecule has 248 valence electrons. The largest absolute Gasteiger partial charge is 0.508 e. The molecular weight excluding hydrogens is 622 g/mol. The summed E-state index contributed by atoms with van der Waals surface area (Å²) in [7, 11) is 0. The summed E-state index contributed by atoms with van der Waals surface area (Å²) in [5, 5.41) is 15.5. The van der Waals surface area contributed by atoms with Crippen molar-refractivity contribution in [3.8, 4) is 35.2 Å². The van der Waals surface area contributed by atoms with Gasteiger partial charge in [0, 0.05) is 66.4 Å². The van der Waals surface area contributed by atoms with E-state index >= 15 is 4.39 Å². The van der Waals surface area contributed by atoms with Gasteiger partial charge in [-0.3, -0.25) is 0 Å². The number of rotatable bonds is 7. The number of nitrogens with one attached hydrogen (secondary N) is 1. The number of nitrogens with zero attached hydrogens (tertiary/aromatic N) is 4. The number of piperazine rings is 1. The van der Waals surface area contributed by atoms with Crippen LogP contribution in [0.4, 0.5) is 23.4 Å². The monoisotopic (exact) mass is 657 g/mol. The van der Waals surface area contributed by atoms with Crippen molar-refractivity contribution in [2.45, 2.75) is 56.5 Å². The number of halogens is 4. The summed E-state index contributed by atoms with van der Waals surface area (Å²) in [5.41, 5.74) is -0.642. The number of fused-ring (bicyclic) bond motifs is 4. The van der Waals surface area contributed by atoms with Gasteiger partial charge in [-0.25, -0.2) is 17.6 Å². The van der Waals surface area contributed by atoms with Crippen molar-refractivity contribution in [2.24, 2.45) is 10.8 Å². The lowest BCUT2D eigenvalue weighted by Crippen LogP contribution is -2.51. The third-order valence-corrected chi connectivity index (χ3v) is 11.4. The van der Waals surface area contributed by atoms with Gasteiger partial charge in [0.1, 0.15) is 22.9 Å². The maximum Gasteiger partial charge on any atom is 0.319 e. The zero-order valence-corrected chi connectivity index (χ0v) is 26.3. The van der Waals surface area contributed by atoms with Crippen LogP contribution in [0.2, 0.25) is 0 Å². The predicted molar refractivity (Wildman–Crippen MR) is 174 cm³/mol. The molecule has 2 saturated carbocycles. The first-order valence-corrected chi connectivity index (χ1v) is 16.7. The molecule has 11 heteroatoms. The van der Waals surface area contributed by atoms with Gasteiger partial charge < -0.3 is 25.0 Å². The maximum atomic E-state index is 16.9. The molecule has 2 bridgehead atoms. The maximum absolute atomic E-state index is 16.9. The van der Waals surface area contributed by atoms with Gasteiger partial charge in [0.25, 0.3) is 5.92 Å². The minimum Gasteiger partial charge on any atom is -0.508 e. The van der Waals surface area contributed by atoms with Crippen molar-refractivity contribution in [1.29, 1.82) is 0 Å². The molecule has 48 heavy (non-hydrogen) atoms. The topological polar surface area (TPSA) is 73.8 Å². The minimum atomic E-state index is -2.56. The molecule has 0 radical (unpaired) electrons. The van der Waals surface area contributed by atoms with Crippen LogP contribution in [-0.4, -0.2) is 77.3 Å². The van der Waals surface area contributed by atoms with E-state index in [1.165, 1.54) is 24.3 Å². The van der Waals surface area contributed by atoms with Crippen LogP contribution in [0.3, 0.4) is 0 Å². The summed E-state index contributed by atoms with van der Waals surface area (Å²) >= 11 is 0. The molecule has 3 atom stereocenters. The number of phenolic OH excluding ortho intramolecular Hbond substituents is 1. The second-order valence-electron chi connectivity index (χ2n) is 14.8. The number of anilines is 1. The fourth-order valence-corrected chi connectivity index (χ4v) is 8.52. The van der Waals surface area contributed by atoms with Crippen LogP contribution in [0.5, 0.6) is 11.8 Å². The van der Waals surface area contributed by atoms with E-state index < -0.39 is 23.0 Å². The summed E-state index contributed by atoms with van der Waals surface area (Å²) in [6.07, 6.45) is 10.1. The first-order valence-electron chi connectivity index (χ1n) is 16.7. The number of ether oxygens (including phenoxy) is 1. The Kier molecular flexibility index (Phi) is 6.51. The number of hydrogen-bond donors (Lipinski definition) is 2. The van der Waals surface area contributed by atoms with E-state index in [2.05, 4.69) is 26.0 Å². The molecular formula is C37H35F4N5O2. The molecule has 5 aliphatic rings. The van der Waals surface area contributed by atoms with Gasteiger partial charge in [-0.1, -0.05) is 18.1 Å². The van der Waals surface area contributed by atoms with E-state index in [1.54, 1.807) is 12.1 Å². The smallest absolute Gasteiger partial charge is 0.319 e. The molecule has 2 N–H and O–H groups in total. The Hall–Kier alpha value is -4.14. The van der Waals surface area contributed by atoms with E-state index in [-0.39, 0.29) is 45.8 Å². The highest BCUT2D eigenvalue weighted by Gasteiger charge is 2.72. The Balaban J connectivity index is 1.09. The Morgan fingerprint density at radius 2 is 1.79 bits per heavy atom. The van der Waals surface area contributed by atoms with Gasteiger partial charge in [-0.2, -0.15) is 9.97 Å². The molecule has 3 unspecified atom stereocenters. The van der Waals surface area contributed by atoms with Gasteiger partial charge in [0.2, 0.25) is 0 Å². The average molecular weight is 658 g/mol. The van der Waals surface area contributed by atoms with E-state index in [1.807, 2.05) is 0 Å². The highest BCUT2D eigenvalue weighted by Crippen LogP contribution is 2.65. The van der Waals surface area contributed by atoms with Crippen molar-refractivity contribution < 1.29 is 27.4 Å². The van der Waals surface area contributed by atoms with Crippen LogP contribution < -0.4 is 15.0 Å². The number of likely N-dealkylation sites (tertiary alicyclic amines) is 1. The van der Waals surface area contributed by atoms with Crippen LogP contribution in [0.15, 0.2) is 36.4 Å².